The molecule has 122 valence electrons. The molecule has 8 heteroatoms. The zero-order valence-corrected chi connectivity index (χ0v) is 13.9. The van der Waals surface area contributed by atoms with E-state index in [1.54, 1.807) is 28.4 Å². The van der Waals surface area contributed by atoms with Crippen molar-refractivity contribution in [1.82, 2.24) is 25.1 Å². The smallest absolute Gasteiger partial charge is 0.271 e. The van der Waals surface area contributed by atoms with Gasteiger partial charge in [-0.25, -0.2) is 4.98 Å². The Morgan fingerprint density at radius 3 is 2.96 bits per heavy atom. The van der Waals surface area contributed by atoms with Crippen LogP contribution in [-0.4, -0.2) is 44.8 Å². The first-order valence-corrected chi connectivity index (χ1v) is 8.88. The van der Waals surface area contributed by atoms with Crippen molar-refractivity contribution in [3.8, 4) is 0 Å². The maximum Gasteiger partial charge on any atom is 0.271 e. The fourth-order valence-corrected chi connectivity index (χ4v) is 3.96. The number of carbonyl (C=O) groups is 1. The van der Waals surface area contributed by atoms with Crippen LogP contribution in [0.5, 0.6) is 0 Å². The van der Waals surface area contributed by atoms with E-state index in [4.69, 9.17) is 0 Å². The average Bonchev–Trinajstić information content (AvgIpc) is 3.11. The van der Waals surface area contributed by atoms with Crippen molar-refractivity contribution in [3.05, 3.63) is 23.2 Å². The lowest BCUT2D eigenvalue weighted by atomic mass is 10.1. The normalized spacial score (nSPS) is 21.4. The topological polar surface area (TPSA) is 75.9 Å². The van der Waals surface area contributed by atoms with Gasteiger partial charge in [0.15, 0.2) is 0 Å². The zero-order valence-electron chi connectivity index (χ0n) is 13.1. The summed E-state index contributed by atoms with van der Waals surface area (Å²) < 4.78 is 1.78. The number of anilines is 1. The molecule has 7 nitrogen and oxygen atoms in total. The number of nitrogens with zero attached hydrogens (tertiary/aromatic N) is 5. The summed E-state index contributed by atoms with van der Waals surface area (Å²) >= 11 is 1.71. The molecule has 2 aromatic rings. The maximum absolute atomic E-state index is 12.2. The Morgan fingerprint density at radius 2 is 2.22 bits per heavy atom. The van der Waals surface area contributed by atoms with Gasteiger partial charge in [0.2, 0.25) is 5.13 Å². The molecule has 2 fully saturated rings. The van der Waals surface area contributed by atoms with Crippen LogP contribution in [0.4, 0.5) is 5.13 Å². The SMILES string of the molecule is Cn1cnc(C(=O)NC2CCCN(c3nnc(C4CC4)s3)C2)c1. The minimum Gasteiger partial charge on any atom is -0.346 e. The quantitative estimate of drug-likeness (QED) is 0.919. The minimum atomic E-state index is -0.103. The molecule has 1 N–H and O–H groups in total. The lowest BCUT2D eigenvalue weighted by molar-refractivity contribution is 0.0928. The molecule has 3 heterocycles. The Labute approximate surface area is 138 Å². The van der Waals surface area contributed by atoms with Gasteiger partial charge in [-0.2, -0.15) is 0 Å². The number of nitrogens with one attached hydrogen (secondary N) is 1. The van der Waals surface area contributed by atoms with Gasteiger partial charge in [0.25, 0.3) is 5.91 Å². The Kier molecular flexibility index (Phi) is 3.76. The first kappa shape index (κ1) is 14.6. The van der Waals surface area contributed by atoms with Crippen molar-refractivity contribution in [1.29, 1.82) is 0 Å². The molecule has 23 heavy (non-hydrogen) atoms. The second kappa shape index (κ2) is 5.92. The Morgan fingerprint density at radius 1 is 1.35 bits per heavy atom. The molecule has 1 unspecified atom stereocenters. The molecule has 0 aromatic carbocycles. The lowest BCUT2D eigenvalue weighted by Gasteiger charge is -2.32. The summed E-state index contributed by atoms with van der Waals surface area (Å²) in [5.74, 6) is 0.541. The molecule has 0 spiro atoms. The van der Waals surface area contributed by atoms with E-state index < -0.39 is 0 Å². The van der Waals surface area contributed by atoms with Crippen LogP contribution in [0.1, 0.15) is 47.1 Å². The summed E-state index contributed by atoms with van der Waals surface area (Å²) in [6.45, 7) is 1.77. The van der Waals surface area contributed by atoms with Gasteiger partial charge >= 0.3 is 0 Å². The van der Waals surface area contributed by atoms with Crippen LogP contribution in [0.2, 0.25) is 0 Å². The number of aromatic nitrogens is 4. The molecule has 0 radical (unpaired) electrons. The van der Waals surface area contributed by atoms with Crippen molar-refractivity contribution < 1.29 is 4.79 Å². The predicted octanol–water partition coefficient (Wildman–Crippen LogP) is 1.55. The number of carbonyl (C=O) groups excluding carboxylic acids is 1. The third-order valence-electron chi connectivity index (χ3n) is 4.32. The number of piperidine rings is 1. The minimum absolute atomic E-state index is 0.103. The summed E-state index contributed by atoms with van der Waals surface area (Å²) in [5.41, 5.74) is 0.469. The molecular formula is C15H20N6OS. The third-order valence-corrected chi connectivity index (χ3v) is 5.47. The molecular weight excluding hydrogens is 312 g/mol. The number of amides is 1. The lowest BCUT2D eigenvalue weighted by Crippen LogP contribution is -2.47. The van der Waals surface area contributed by atoms with Crippen LogP contribution in [0.15, 0.2) is 12.5 Å². The van der Waals surface area contributed by atoms with E-state index in [-0.39, 0.29) is 11.9 Å². The monoisotopic (exact) mass is 332 g/mol. The van der Waals surface area contributed by atoms with Crippen molar-refractivity contribution in [2.75, 3.05) is 18.0 Å². The zero-order chi connectivity index (χ0) is 15.8. The van der Waals surface area contributed by atoms with Crippen LogP contribution < -0.4 is 10.2 Å². The Balaban J connectivity index is 1.39. The van der Waals surface area contributed by atoms with Gasteiger partial charge < -0.3 is 14.8 Å². The average molecular weight is 332 g/mol. The van der Waals surface area contributed by atoms with Gasteiger partial charge in [0.05, 0.1) is 6.33 Å². The first-order valence-electron chi connectivity index (χ1n) is 8.06. The van der Waals surface area contributed by atoms with Crippen molar-refractivity contribution in [2.45, 2.75) is 37.6 Å². The highest BCUT2D eigenvalue weighted by Crippen LogP contribution is 2.42. The van der Waals surface area contributed by atoms with Crippen LogP contribution in [0, 0.1) is 0 Å². The summed E-state index contributed by atoms with van der Waals surface area (Å²) in [6.07, 6.45) is 7.91. The Hall–Kier alpha value is -1.96. The Bertz CT molecular complexity index is 706. The third kappa shape index (κ3) is 3.21. The van der Waals surface area contributed by atoms with Crippen molar-refractivity contribution in [2.24, 2.45) is 7.05 Å². The summed E-state index contributed by atoms with van der Waals surface area (Å²) in [4.78, 5) is 18.6. The molecule has 1 amide bonds. The van der Waals surface area contributed by atoms with E-state index in [9.17, 15) is 4.79 Å². The van der Waals surface area contributed by atoms with Crippen LogP contribution in [0.3, 0.4) is 0 Å². The number of hydrogen-bond donors (Lipinski definition) is 1. The molecule has 1 saturated carbocycles. The van der Waals surface area contributed by atoms with Gasteiger partial charge in [-0.05, 0) is 25.7 Å². The molecule has 2 aromatic heterocycles. The van der Waals surface area contributed by atoms with Crippen molar-refractivity contribution >= 4 is 22.4 Å². The second-order valence-corrected chi connectivity index (χ2v) is 7.37. The van der Waals surface area contributed by atoms with Gasteiger partial charge in [-0.1, -0.05) is 11.3 Å². The molecule has 1 saturated heterocycles. The highest BCUT2D eigenvalue weighted by Gasteiger charge is 2.30. The van der Waals surface area contributed by atoms with Crippen LogP contribution in [0.25, 0.3) is 0 Å². The van der Waals surface area contributed by atoms with E-state index >= 15 is 0 Å². The standard InChI is InChI=1S/C15H20N6OS/c1-20-8-12(16-9-20)13(22)17-11-3-2-6-21(7-11)15-19-18-14(23-15)10-4-5-10/h8-11H,2-7H2,1H3,(H,17,22). The van der Waals surface area contributed by atoms with Gasteiger partial charge in [0, 0.05) is 38.3 Å². The van der Waals surface area contributed by atoms with E-state index in [1.807, 2.05) is 7.05 Å². The van der Waals surface area contributed by atoms with Crippen molar-refractivity contribution in [3.63, 3.8) is 0 Å². The fourth-order valence-electron chi connectivity index (χ4n) is 2.91. The molecule has 1 atom stereocenters. The number of aryl methyl sites for hydroxylation is 1. The molecule has 1 aliphatic heterocycles. The predicted molar refractivity (Wildman–Crippen MR) is 87.8 cm³/mol. The van der Waals surface area contributed by atoms with Crippen LogP contribution in [-0.2, 0) is 7.05 Å². The van der Waals surface area contributed by atoms with E-state index in [0.29, 0.717) is 11.6 Å². The number of hydrogen-bond acceptors (Lipinski definition) is 6. The van der Waals surface area contributed by atoms with E-state index in [0.717, 1.165) is 31.1 Å². The molecule has 2 aliphatic rings. The van der Waals surface area contributed by atoms with Gasteiger partial charge in [0.1, 0.15) is 10.7 Å². The molecule has 1 aliphatic carbocycles. The molecule has 4 rings (SSSR count). The second-order valence-electron chi connectivity index (χ2n) is 6.38. The number of imidazole rings is 1. The van der Waals surface area contributed by atoms with E-state index in [1.165, 1.54) is 17.8 Å². The van der Waals surface area contributed by atoms with E-state index in [2.05, 4.69) is 25.4 Å². The number of rotatable bonds is 4. The summed E-state index contributed by atoms with van der Waals surface area (Å²) in [6, 6.07) is 0.131. The first-order chi connectivity index (χ1) is 11.2. The highest BCUT2D eigenvalue weighted by molar-refractivity contribution is 7.15. The van der Waals surface area contributed by atoms with Gasteiger partial charge in [-0.3, -0.25) is 4.79 Å². The van der Waals surface area contributed by atoms with Gasteiger partial charge in [-0.15, -0.1) is 10.2 Å². The maximum atomic E-state index is 12.2. The van der Waals surface area contributed by atoms with Crippen LogP contribution >= 0.6 is 11.3 Å². The highest BCUT2D eigenvalue weighted by atomic mass is 32.1. The fraction of sp³-hybridized carbons (Fsp3) is 0.600. The molecule has 0 bridgehead atoms. The summed E-state index contributed by atoms with van der Waals surface area (Å²) in [5, 5.41) is 13.9. The largest absolute Gasteiger partial charge is 0.346 e. The summed E-state index contributed by atoms with van der Waals surface area (Å²) in [7, 11) is 1.86.